The van der Waals surface area contributed by atoms with Crippen LogP contribution in [-0.2, 0) is 9.59 Å². The first-order valence-electron chi connectivity index (χ1n) is 11.6. The van der Waals surface area contributed by atoms with Gasteiger partial charge in [-0.2, -0.15) is 0 Å². The number of carbonyl (C=O) groups excluding carboxylic acids is 2. The Hall–Kier alpha value is -1.06. The molecule has 0 spiro atoms. The number of fused-ring (bicyclic) bond motifs is 2. The van der Waals surface area contributed by atoms with Crippen LogP contribution in [0.1, 0.15) is 77.6 Å². The summed E-state index contributed by atoms with van der Waals surface area (Å²) in [5, 5.41) is 6.37. The first kappa shape index (κ1) is 18.0. The van der Waals surface area contributed by atoms with E-state index in [9.17, 15) is 9.59 Å². The van der Waals surface area contributed by atoms with Gasteiger partial charge in [-0.1, -0.05) is 6.42 Å². The van der Waals surface area contributed by atoms with E-state index in [1.165, 1.54) is 44.9 Å². The number of hydrogen-bond acceptors (Lipinski definition) is 2. The summed E-state index contributed by atoms with van der Waals surface area (Å²) in [7, 11) is 0. The number of carbonyl (C=O) groups is 2. The summed E-state index contributed by atoms with van der Waals surface area (Å²) in [6.45, 7) is 2.67. The molecule has 0 heterocycles. The van der Waals surface area contributed by atoms with Crippen molar-refractivity contribution in [1.29, 1.82) is 0 Å². The second-order valence-electron chi connectivity index (χ2n) is 10.9. The molecule has 0 aromatic rings. The maximum absolute atomic E-state index is 13.0. The van der Waals surface area contributed by atoms with Crippen LogP contribution in [0.2, 0.25) is 0 Å². The van der Waals surface area contributed by atoms with Gasteiger partial charge in [0.15, 0.2) is 0 Å². The molecule has 2 N–H and O–H groups in total. The molecule has 6 rings (SSSR count). The molecular weight excluding hydrogens is 336 g/mol. The fraction of sp³-hybridized carbons (Fsp3) is 0.913. The lowest BCUT2D eigenvalue weighted by Gasteiger charge is -2.55. The van der Waals surface area contributed by atoms with Gasteiger partial charge in [-0.25, -0.2) is 0 Å². The number of rotatable bonds is 6. The molecule has 6 aliphatic rings. The van der Waals surface area contributed by atoms with E-state index in [1.54, 1.807) is 0 Å². The maximum Gasteiger partial charge on any atom is 0.226 e. The van der Waals surface area contributed by atoms with Crippen molar-refractivity contribution in [3.8, 4) is 0 Å². The van der Waals surface area contributed by atoms with Gasteiger partial charge in [0.2, 0.25) is 11.8 Å². The van der Waals surface area contributed by atoms with E-state index in [2.05, 4.69) is 17.6 Å². The lowest BCUT2D eigenvalue weighted by Crippen LogP contribution is -2.54. The normalized spacial score (nSPS) is 45.1. The first-order valence-corrected chi connectivity index (χ1v) is 11.6. The van der Waals surface area contributed by atoms with Crippen LogP contribution in [0.5, 0.6) is 0 Å². The van der Waals surface area contributed by atoms with Gasteiger partial charge in [0.05, 0.1) is 0 Å². The molecule has 4 nitrogen and oxygen atoms in total. The molecule has 0 saturated heterocycles. The van der Waals surface area contributed by atoms with Crippen molar-refractivity contribution in [1.82, 2.24) is 10.6 Å². The van der Waals surface area contributed by atoms with Crippen LogP contribution < -0.4 is 10.6 Å². The predicted octanol–water partition coefficient (Wildman–Crippen LogP) is 3.65. The topological polar surface area (TPSA) is 58.2 Å². The van der Waals surface area contributed by atoms with Crippen LogP contribution in [0.25, 0.3) is 0 Å². The molecule has 0 radical (unpaired) electrons. The van der Waals surface area contributed by atoms with Gasteiger partial charge < -0.3 is 10.6 Å². The quantitative estimate of drug-likeness (QED) is 0.748. The Labute approximate surface area is 163 Å². The van der Waals surface area contributed by atoms with E-state index in [0.717, 1.165) is 48.9 Å². The lowest BCUT2D eigenvalue weighted by molar-refractivity contribution is -0.146. The average Bonchev–Trinajstić information content (AvgIpc) is 3.23. The number of hydrogen-bond donors (Lipinski definition) is 2. The minimum absolute atomic E-state index is 0.0956. The molecule has 6 aliphatic carbocycles. The highest BCUT2D eigenvalue weighted by Crippen LogP contribution is 2.60. The minimum atomic E-state index is -0.0956. The Morgan fingerprint density at radius 1 is 0.926 bits per heavy atom. The first-order chi connectivity index (χ1) is 13.0. The Morgan fingerprint density at radius 2 is 1.59 bits per heavy atom. The van der Waals surface area contributed by atoms with Gasteiger partial charge in [0.25, 0.3) is 0 Å². The second-order valence-corrected chi connectivity index (χ2v) is 10.9. The van der Waals surface area contributed by atoms with Crippen molar-refractivity contribution in [3.05, 3.63) is 0 Å². The Kier molecular flexibility index (Phi) is 4.52. The van der Waals surface area contributed by atoms with E-state index in [0.29, 0.717) is 18.9 Å². The minimum Gasteiger partial charge on any atom is -0.355 e. The molecule has 4 atom stereocenters. The molecule has 0 aromatic carbocycles. The molecule has 150 valence electrons. The predicted molar refractivity (Wildman–Crippen MR) is 105 cm³/mol. The maximum atomic E-state index is 13.0. The van der Waals surface area contributed by atoms with Crippen LogP contribution >= 0.6 is 0 Å². The van der Waals surface area contributed by atoms with Crippen LogP contribution in [0.4, 0.5) is 0 Å². The van der Waals surface area contributed by atoms with Crippen LogP contribution in [-0.4, -0.2) is 24.4 Å². The molecule has 4 heteroatoms. The van der Waals surface area contributed by atoms with Gasteiger partial charge in [0, 0.05) is 24.4 Å². The van der Waals surface area contributed by atoms with Gasteiger partial charge >= 0.3 is 0 Å². The molecule has 0 aromatic heterocycles. The van der Waals surface area contributed by atoms with Crippen molar-refractivity contribution in [2.75, 3.05) is 6.54 Å². The van der Waals surface area contributed by atoms with Crippen molar-refractivity contribution >= 4 is 11.8 Å². The smallest absolute Gasteiger partial charge is 0.226 e. The molecule has 6 saturated carbocycles. The zero-order valence-electron chi connectivity index (χ0n) is 16.8. The standard InChI is InChI=1S/C23H36N2O2/c1-14(20-10-15-2-3-19(20)9-15)25-21(26)4-5-24-22(27)23-11-16-6-17(12-23)8-18(7-16)13-23/h14-20H,2-13H2,1H3,(H,24,27)(H,25,26)/t14-,15+,16?,17?,18?,19+,20+,23?/m1/s1. The third-order valence-corrected chi connectivity index (χ3v) is 8.98. The molecule has 0 unspecified atom stereocenters. The summed E-state index contributed by atoms with van der Waals surface area (Å²) in [6, 6.07) is 0.284. The summed E-state index contributed by atoms with van der Waals surface area (Å²) < 4.78 is 0. The average molecular weight is 373 g/mol. The van der Waals surface area contributed by atoms with Gasteiger partial charge in [0.1, 0.15) is 0 Å². The number of nitrogens with one attached hydrogen (secondary N) is 2. The number of amides is 2. The highest BCUT2D eigenvalue weighted by atomic mass is 16.2. The van der Waals surface area contributed by atoms with E-state index in [1.807, 2.05) is 0 Å². The molecule has 6 bridgehead atoms. The third-order valence-electron chi connectivity index (χ3n) is 8.98. The van der Waals surface area contributed by atoms with Crippen molar-refractivity contribution in [3.63, 3.8) is 0 Å². The van der Waals surface area contributed by atoms with Crippen LogP contribution in [0.15, 0.2) is 0 Å². The van der Waals surface area contributed by atoms with Crippen molar-refractivity contribution in [2.24, 2.45) is 40.9 Å². The van der Waals surface area contributed by atoms with Gasteiger partial charge in [-0.05, 0) is 100 Å². The fourth-order valence-electron chi connectivity index (χ4n) is 8.21. The van der Waals surface area contributed by atoms with E-state index in [4.69, 9.17) is 0 Å². The molecule has 0 aliphatic heterocycles. The van der Waals surface area contributed by atoms with Crippen LogP contribution in [0, 0.1) is 40.9 Å². The largest absolute Gasteiger partial charge is 0.355 e. The molecule has 6 fully saturated rings. The summed E-state index contributed by atoms with van der Waals surface area (Å²) in [4.78, 5) is 25.3. The van der Waals surface area contributed by atoms with Gasteiger partial charge in [-0.3, -0.25) is 9.59 Å². The van der Waals surface area contributed by atoms with Crippen molar-refractivity contribution < 1.29 is 9.59 Å². The summed E-state index contributed by atoms with van der Waals surface area (Å²) in [5.74, 6) is 5.13. The summed E-state index contributed by atoms with van der Waals surface area (Å²) in [5.41, 5.74) is -0.0956. The highest BCUT2D eigenvalue weighted by molar-refractivity contribution is 5.84. The summed E-state index contributed by atoms with van der Waals surface area (Å²) >= 11 is 0. The Balaban J connectivity index is 1.07. The highest BCUT2D eigenvalue weighted by Gasteiger charge is 2.54. The monoisotopic (exact) mass is 372 g/mol. The Morgan fingerprint density at radius 3 is 2.15 bits per heavy atom. The fourth-order valence-corrected chi connectivity index (χ4v) is 8.21. The van der Waals surface area contributed by atoms with Gasteiger partial charge in [-0.15, -0.1) is 0 Å². The van der Waals surface area contributed by atoms with E-state index >= 15 is 0 Å². The third kappa shape index (κ3) is 3.31. The summed E-state index contributed by atoms with van der Waals surface area (Å²) in [6.07, 6.45) is 13.2. The lowest BCUT2D eigenvalue weighted by atomic mass is 9.49. The zero-order valence-corrected chi connectivity index (χ0v) is 16.8. The Bertz CT molecular complexity index is 580. The van der Waals surface area contributed by atoms with E-state index < -0.39 is 0 Å². The van der Waals surface area contributed by atoms with Crippen LogP contribution in [0.3, 0.4) is 0 Å². The molecule has 27 heavy (non-hydrogen) atoms. The van der Waals surface area contributed by atoms with E-state index in [-0.39, 0.29) is 23.3 Å². The second kappa shape index (κ2) is 6.77. The molecule has 2 amide bonds. The zero-order chi connectivity index (χ0) is 18.6. The molecular formula is C23H36N2O2. The van der Waals surface area contributed by atoms with Crippen molar-refractivity contribution in [2.45, 2.75) is 83.6 Å². The SMILES string of the molecule is C[C@@H](NC(=O)CCNC(=O)C12CC3CC(CC(C3)C1)C2)[C@@H]1C[C@H]2CC[C@H]1C2.